The molecule has 2 aromatic heterocycles. The second-order valence-corrected chi connectivity index (χ2v) is 14.1. The Morgan fingerprint density at radius 2 is 1.91 bits per heavy atom. The Balaban J connectivity index is 1.75. The maximum atomic E-state index is 12.4. The van der Waals surface area contributed by atoms with Gasteiger partial charge in [-0.2, -0.15) is 8.42 Å². The van der Waals surface area contributed by atoms with Gasteiger partial charge in [0.25, 0.3) is 10.1 Å². The van der Waals surface area contributed by atoms with Crippen LogP contribution in [-0.2, 0) is 20.7 Å². The fourth-order valence-corrected chi connectivity index (χ4v) is 8.09. The zero-order valence-corrected chi connectivity index (χ0v) is 22.0. The highest BCUT2D eigenvalue weighted by Crippen LogP contribution is 2.31. The van der Waals surface area contributed by atoms with Gasteiger partial charge in [0.2, 0.25) is 5.91 Å². The van der Waals surface area contributed by atoms with Crippen LogP contribution in [0.3, 0.4) is 0 Å². The Morgan fingerprint density at radius 1 is 1.19 bits per heavy atom. The van der Waals surface area contributed by atoms with E-state index in [0.29, 0.717) is 21.6 Å². The summed E-state index contributed by atoms with van der Waals surface area (Å²) in [7, 11) is -1.29. The van der Waals surface area contributed by atoms with Gasteiger partial charge in [-0.1, -0.05) is 53.8 Å². The maximum Gasteiger partial charge on any atom is 0.277 e. The lowest BCUT2D eigenvalue weighted by molar-refractivity contribution is -0.124. The first-order chi connectivity index (χ1) is 15.3. The van der Waals surface area contributed by atoms with Crippen molar-refractivity contribution >= 4 is 76.9 Å². The van der Waals surface area contributed by atoms with Crippen LogP contribution in [-0.4, -0.2) is 49.3 Å². The molecule has 0 fully saturated rings. The molecule has 2 aromatic rings. The van der Waals surface area contributed by atoms with E-state index in [-0.39, 0.29) is 12.3 Å². The molecule has 1 amide bonds. The van der Waals surface area contributed by atoms with Crippen molar-refractivity contribution in [1.29, 1.82) is 0 Å². The number of aromatic nitrogens is 2. The molecule has 174 valence electrons. The summed E-state index contributed by atoms with van der Waals surface area (Å²) < 4.78 is 32.5. The van der Waals surface area contributed by atoms with Crippen LogP contribution in [0.15, 0.2) is 53.8 Å². The van der Waals surface area contributed by atoms with Gasteiger partial charge in [0.1, 0.15) is 13.1 Å². The number of rotatable bonds is 12. The van der Waals surface area contributed by atoms with Gasteiger partial charge in [-0.25, -0.2) is 4.98 Å². The highest BCUT2D eigenvalue weighted by Gasteiger charge is 2.30. The quantitative estimate of drug-likeness (QED) is 0.169. The zero-order valence-electron chi connectivity index (χ0n) is 17.1. The lowest BCUT2D eigenvalue weighted by atomic mass is 10.1. The number of thioether (sulfide) groups is 2. The fraction of sp³-hybridized carbons (Fsp3) is 0.368. The number of hydrogen-bond donors (Lipinski definition) is 2. The molecule has 2 rings (SSSR count). The molecule has 7 nitrogen and oxygen atoms in total. The third-order valence-electron chi connectivity index (χ3n) is 3.88. The molecule has 2 N–H and O–H groups in total. The molecule has 0 saturated heterocycles. The lowest BCUT2D eigenvalue weighted by Gasteiger charge is -2.18. The number of carbonyl (C=O) groups excluding carboxylic acids is 1. The Morgan fingerprint density at radius 3 is 2.53 bits per heavy atom. The number of amides is 1. The molecular weight excluding hydrogens is 527 g/mol. The van der Waals surface area contributed by atoms with Crippen LogP contribution in [0.4, 0.5) is 0 Å². The monoisotopic (exact) mass is 549 g/mol. The smallest absolute Gasteiger partial charge is 0.277 e. The Labute approximate surface area is 210 Å². The molecule has 13 heteroatoms. The molecule has 0 aliphatic carbocycles. The molecule has 0 aliphatic heterocycles. The van der Waals surface area contributed by atoms with Crippen LogP contribution >= 0.6 is 57.3 Å². The van der Waals surface area contributed by atoms with E-state index < -0.39 is 20.6 Å². The number of carbonyl (C=O) groups is 1. The average Bonchev–Trinajstić information content (AvgIpc) is 2.77. The first kappa shape index (κ1) is 27.4. The SMILES string of the molecule is CC(CC(SC(=S)SCc1ccccn1)S(=O)(=O)O)C(=O)NCCSSc1ccccn1. The number of nitrogens with zero attached hydrogens (tertiary/aromatic N) is 2. The van der Waals surface area contributed by atoms with Gasteiger partial charge < -0.3 is 5.32 Å². The van der Waals surface area contributed by atoms with Crippen molar-refractivity contribution in [3.05, 3.63) is 54.5 Å². The summed E-state index contributed by atoms with van der Waals surface area (Å²) in [5, 5.41) is 3.69. The van der Waals surface area contributed by atoms with Gasteiger partial charge in [0.15, 0.2) is 0 Å². The van der Waals surface area contributed by atoms with E-state index in [1.165, 1.54) is 22.6 Å². The molecule has 2 unspecified atom stereocenters. The Bertz CT molecular complexity index is 964. The summed E-state index contributed by atoms with van der Waals surface area (Å²) in [5.74, 6) is 0.292. The van der Waals surface area contributed by atoms with Gasteiger partial charge in [-0.15, -0.1) is 11.8 Å². The van der Waals surface area contributed by atoms with Gasteiger partial charge >= 0.3 is 0 Å². The van der Waals surface area contributed by atoms with Crippen molar-refractivity contribution < 1.29 is 17.8 Å². The van der Waals surface area contributed by atoms with E-state index in [9.17, 15) is 17.8 Å². The van der Waals surface area contributed by atoms with Crippen LogP contribution in [0.5, 0.6) is 0 Å². The number of nitrogens with one attached hydrogen (secondary N) is 1. The van der Waals surface area contributed by atoms with Crippen molar-refractivity contribution in [2.75, 3.05) is 12.3 Å². The molecule has 2 heterocycles. The molecular formula is C19H23N3O4S6. The van der Waals surface area contributed by atoms with Crippen molar-refractivity contribution in [2.24, 2.45) is 5.92 Å². The molecule has 2 atom stereocenters. The van der Waals surface area contributed by atoms with Crippen LogP contribution in [0.1, 0.15) is 19.0 Å². The van der Waals surface area contributed by atoms with Crippen LogP contribution < -0.4 is 5.32 Å². The fourth-order valence-electron chi connectivity index (χ4n) is 2.27. The number of thiocarbonyl (C=S) groups is 1. The molecule has 0 bridgehead atoms. The van der Waals surface area contributed by atoms with E-state index in [1.807, 2.05) is 30.3 Å². The Hall–Kier alpha value is -0.830. The van der Waals surface area contributed by atoms with E-state index >= 15 is 0 Å². The van der Waals surface area contributed by atoms with Crippen LogP contribution in [0, 0.1) is 5.92 Å². The van der Waals surface area contributed by atoms with Crippen molar-refractivity contribution in [2.45, 2.75) is 28.7 Å². The molecule has 0 aliphatic rings. The number of pyridine rings is 2. The summed E-state index contributed by atoms with van der Waals surface area (Å²) in [6, 6.07) is 11.2. The van der Waals surface area contributed by atoms with Crippen molar-refractivity contribution in [3.8, 4) is 0 Å². The summed E-state index contributed by atoms with van der Waals surface area (Å²) in [5.41, 5.74) is 0.815. The standard InChI is InChI=1S/C19H23N3O4S6/c1-14(18(23)22-10-11-29-31-16-7-3-5-9-21-16)12-17(32(24,25)26)30-19(27)28-13-15-6-2-4-8-20-15/h2-9,14,17H,10-13H2,1H3,(H,22,23)(H,24,25,26). The topological polar surface area (TPSA) is 109 Å². The minimum Gasteiger partial charge on any atom is -0.355 e. The maximum absolute atomic E-state index is 12.4. The first-order valence-corrected chi connectivity index (χ1v) is 15.5. The minimum atomic E-state index is -4.38. The van der Waals surface area contributed by atoms with Gasteiger partial charge in [-0.3, -0.25) is 14.3 Å². The third kappa shape index (κ3) is 10.9. The lowest BCUT2D eigenvalue weighted by Crippen LogP contribution is -2.33. The average molecular weight is 550 g/mol. The zero-order chi connectivity index (χ0) is 23.4. The van der Waals surface area contributed by atoms with Crippen molar-refractivity contribution in [3.63, 3.8) is 0 Å². The highest BCUT2D eigenvalue weighted by molar-refractivity contribution is 8.76. The predicted octanol–water partition coefficient (Wildman–Crippen LogP) is 4.52. The normalized spacial score (nSPS) is 13.3. The summed E-state index contributed by atoms with van der Waals surface area (Å²) in [4.78, 5) is 20.8. The summed E-state index contributed by atoms with van der Waals surface area (Å²) in [6.07, 6.45) is 3.34. The largest absolute Gasteiger partial charge is 0.355 e. The molecule has 0 radical (unpaired) electrons. The van der Waals surface area contributed by atoms with Crippen LogP contribution in [0.2, 0.25) is 0 Å². The number of hydrogen-bond acceptors (Lipinski definition) is 10. The second kappa shape index (κ2) is 14.4. The molecule has 0 spiro atoms. The van der Waals surface area contributed by atoms with E-state index in [4.69, 9.17) is 12.2 Å². The van der Waals surface area contributed by atoms with Crippen LogP contribution in [0.25, 0.3) is 0 Å². The molecule has 0 saturated carbocycles. The van der Waals surface area contributed by atoms with E-state index in [2.05, 4.69) is 15.3 Å². The predicted molar refractivity (Wildman–Crippen MR) is 140 cm³/mol. The molecule has 32 heavy (non-hydrogen) atoms. The first-order valence-electron chi connectivity index (χ1n) is 9.43. The van der Waals surface area contributed by atoms with Gasteiger partial charge in [-0.05, 0) is 41.5 Å². The van der Waals surface area contributed by atoms with Crippen molar-refractivity contribution in [1.82, 2.24) is 15.3 Å². The van der Waals surface area contributed by atoms with E-state index in [0.717, 1.165) is 22.5 Å². The van der Waals surface area contributed by atoms with Gasteiger partial charge in [0.05, 0.1) is 5.69 Å². The van der Waals surface area contributed by atoms with E-state index in [1.54, 1.807) is 36.2 Å². The third-order valence-corrected chi connectivity index (χ3v) is 10.6. The Kier molecular flexibility index (Phi) is 12.4. The minimum absolute atomic E-state index is 0.0462. The van der Waals surface area contributed by atoms with Gasteiger partial charge in [0, 0.05) is 36.4 Å². The highest BCUT2D eigenvalue weighted by atomic mass is 33.1. The summed E-state index contributed by atoms with van der Waals surface area (Å²) >= 11 is 7.42. The summed E-state index contributed by atoms with van der Waals surface area (Å²) in [6.45, 7) is 2.07. The molecule has 0 aromatic carbocycles. The second-order valence-electron chi connectivity index (χ2n) is 6.42.